The van der Waals surface area contributed by atoms with Gasteiger partial charge in [-0.05, 0) is 86.0 Å². The summed E-state index contributed by atoms with van der Waals surface area (Å²) < 4.78 is 1.10. The van der Waals surface area contributed by atoms with E-state index in [-0.39, 0.29) is 5.41 Å². The summed E-state index contributed by atoms with van der Waals surface area (Å²) in [5.41, 5.74) is 13.0. The summed E-state index contributed by atoms with van der Waals surface area (Å²) in [5.74, 6) is 0. The fourth-order valence-corrected chi connectivity index (χ4v) is 8.70. The summed E-state index contributed by atoms with van der Waals surface area (Å²) in [6, 6.07) is 38.8. The first-order chi connectivity index (χ1) is 18.5. The Morgan fingerprint density at radius 2 is 1.21 bits per heavy atom. The molecule has 8 rings (SSSR count). The molecular formula is C36H25BrS. The van der Waals surface area contributed by atoms with Crippen LogP contribution in [-0.4, -0.2) is 0 Å². The second-order valence-corrected chi connectivity index (χ2v) is 13.1. The van der Waals surface area contributed by atoms with E-state index in [1.165, 1.54) is 65.4 Å². The Balaban J connectivity index is 1.58. The zero-order valence-electron chi connectivity index (χ0n) is 21.3. The Morgan fingerprint density at radius 3 is 2.05 bits per heavy atom. The summed E-state index contributed by atoms with van der Waals surface area (Å²) in [5, 5.41) is 0. The van der Waals surface area contributed by atoms with Crippen LogP contribution in [0.5, 0.6) is 0 Å². The molecule has 0 N–H and O–H groups in total. The van der Waals surface area contributed by atoms with Crippen molar-refractivity contribution in [3.63, 3.8) is 0 Å². The minimum Gasteiger partial charge on any atom is -0.0894 e. The van der Waals surface area contributed by atoms with E-state index in [0.29, 0.717) is 0 Å². The molecule has 0 radical (unpaired) electrons. The maximum absolute atomic E-state index is 3.84. The molecule has 0 fully saturated rings. The van der Waals surface area contributed by atoms with Gasteiger partial charge in [0.25, 0.3) is 0 Å². The molecule has 0 aromatic heterocycles. The molecule has 2 aliphatic carbocycles. The Bertz CT molecular complexity index is 1840. The third-order valence-corrected chi connectivity index (χ3v) is 10.5. The van der Waals surface area contributed by atoms with Crippen LogP contribution in [0, 0.1) is 0 Å². The Labute approximate surface area is 236 Å². The van der Waals surface area contributed by atoms with Crippen LogP contribution in [0.1, 0.15) is 58.4 Å². The van der Waals surface area contributed by atoms with Crippen LogP contribution in [0.25, 0.3) is 23.3 Å². The summed E-state index contributed by atoms with van der Waals surface area (Å²) >= 11 is 5.77. The summed E-state index contributed by atoms with van der Waals surface area (Å²) in [6.07, 6.45) is 4.60. The molecule has 182 valence electrons. The summed E-state index contributed by atoms with van der Waals surface area (Å²) in [6.45, 7) is 4.75. The van der Waals surface area contributed by atoms with Crippen LogP contribution >= 0.6 is 27.7 Å². The van der Waals surface area contributed by atoms with Crippen molar-refractivity contribution in [1.29, 1.82) is 0 Å². The normalized spacial score (nSPS) is 19.0. The van der Waals surface area contributed by atoms with Gasteiger partial charge in [0.05, 0.1) is 5.41 Å². The molecule has 1 aliphatic heterocycles. The number of rotatable bonds is 0. The first kappa shape index (κ1) is 22.6. The number of fused-ring (bicyclic) bond motifs is 11. The Hall–Kier alpha value is -3.33. The quantitative estimate of drug-likeness (QED) is 0.175. The van der Waals surface area contributed by atoms with E-state index in [4.69, 9.17) is 0 Å². The van der Waals surface area contributed by atoms with Gasteiger partial charge in [0.1, 0.15) is 0 Å². The molecular weight excluding hydrogens is 544 g/mol. The maximum Gasteiger partial charge on any atom is 0.0735 e. The molecule has 0 saturated heterocycles. The fourth-order valence-electron chi connectivity index (χ4n) is 7.12. The molecule has 2 heteroatoms. The molecule has 0 bridgehead atoms. The van der Waals surface area contributed by atoms with Gasteiger partial charge in [0.15, 0.2) is 0 Å². The van der Waals surface area contributed by atoms with Crippen molar-refractivity contribution in [3.8, 4) is 11.1 Å². The van der Waals surface area contributed by atoms with E-state index in [0.717, 1.165) is 4.47 Å². The van der Waals surface area contributed by atoms with Crippen molar-refractivity contribution >= 4 is 39.8 Å². The summed E-state index contributed by atoms with van der Waals surface area (Å²) in [4.78, 5) is 2.68. The third kappa shape index (κ3) is 2.83. The number of halogens is 1. The minimum atomic E-state index is -0.437. The molecule has 0 nitrogen and oxygen atoms in total. The maximum atomic E-state index is 3.84. The van der Waals surface area contributed by atoms with Gasteiger partial charge in [-0.15, -0.1) is 0 Å². The number of hydrogen-bond acceptors (Lipinski definition) is 1. The topological polar surface area (TPSA) is 0 Å². The Morgan fingerprint density at radius 1 is 0.526 bits per heavy atom. The van der Waals surface area contributed by atoms with Gasteiger partial charge in [-0.25, -0.2) is 0 Å². The van der Waals surface area contributed by atoms with Gasteiger partial charge in [-0.2, -0.15) is 0 Å². The highest BCUT2D eigenvalue weighted by Crippen LogP contribution is 2.61. The second kappa shape index (κ2) is 7.85. The minimum absolute atomic E-state index is 0.0322. The van der Waals surface area contributed by atoms with E-state index in [9.17, 15) is 0 Å². The predicted octanol–water partition coefficient (Wildman–Crippen LogP) is 10.1. The van der Waals surface area contributed by atoms with Gasteiger partial charge in [-0.3, -0.25) is 0 Å². The highest BCUT2D eigenvalue weighted by atomic mass is 79.9. The number of hydrogen-bond donors (Lipinski definition) is 0. The molecule has 1 spiro atoms. The molecule has 1 heterocycles. The molecule has 0 amide bonds. The Kier molecular flexibility index (Phi) is 4.67. The van der Waals surface area contributed by atoms with E-state index >= 15 is 0 Å². The average Bonchev–Trinajstić information content (AvgIpc) is 3.07. The van der Waals surface area contributed by atoms with Crippen molar-refractivity contribution in [3.05, 3.63) is 152 Å². The van der Waals surface area contributed by atoms with Crippen molar-refractivity contribution in [1.82, 2.24) is 0 Å². The highest BCUT2D eigenvalue weighted by Gasteiger charge is 2.48. The van der Waals surface area contributed by atoms with E-state index in [2.05, 4.69) is 145 Å². The largest absolute Gasteiger partial charge is 0.0894 e. The van der Waals surface area contributed by atoms with Crippen LogP contribution < -0.4 is 0 Å². The highest BCUT2D eigenvalue weighted by molar-refractivity contribution is 9.10. The first-order valence-electron chi connectivity index (χ1n) is 13.1. The van der Waals surface area contributed by atoms with E-state index in [1.54, 1.807) is 0 Å². The molecule has 38 heavy (non-hydrogen) atoms. The second-order valence-electron chi connectivity index (χ2n) is 11.1. The van der Waals surface area contributed by atoms with Crippen molar-refractivity contribution in [2.45, 2.75) is 34.5 Å². The standard InChI is InChI=1S/C36H25BrS/c1-35(2)28-12-6-4-10-25(28)26-20-32-34(21-31(26)35)38-33-14-8-7-13-29(33)36(32)27-11-5-3-9-22(27)15-16-23-17-18-24(37)19-30(23)36/h3-21H,1-2H3. The van der Waals surface area contributed by atoms with Crippen molar-refractivity contribution < 1.29 is 0 Å². The lowest BCUT2D eigenvalue weighted by Gasteiger charge is -2.43. The van der Waals surface area contributed by atoms with Crippen molar-refractivity contribution in [2.24, 2.45) is 0 Å². The van der Waals surface area contributed by atoms with Crippen LogP contribution in [0.3, 0.4) is 0 Å². The van der Waals surface area contributed by atoms with Gasteiger partial charge in [0.2, 0.25) is 0 Å². The molecule has 1 unspecified atom stereocenters. The fraction of sp³-hybridized carbons (Fsp3) is 0.111. The van der Waals surface area contributed by atoms with E-state index in [1.807, 2.05) is 11.8 Å². The average molecular weight is 570 g/mol. The smallest absolute Gasteiger partial charge is 0.0735 e. The zero-order chi connectivity index (χ0) is 25.6. The molecule has 1 atom stereocenters. The van der Waals surface area contributed by atoms with Crippen LogP contribution in [-0.2, 0) is 10.8 Å². The predicted molar refractivity (Wildman–Crippen MR) is 163 cm³/mol. The lowest BCUT2D eigenvalue weighted by Crippen LogP contribution is -2.35. The van der Waals surface area contributed by atoms with Crippen LogP contribution in [0.15, 0.2) is 117 Å². The molecule has 0 saturated carbocycles. The van der Waals surface area contributed by atoms with Gasteiger partial charge in [0, 0.05) is 19.7 Å². The van der Waals surface area contributed by atoms with Gasteiger partial charge < -0.3 is 0 Å². The van der Waals surface area contributed by atoms with Crippen molar-refractivity contribution in [2.75, 3.05) is 0 Å². The van der Waals surface area contributed by atoms with Gasteiger partial charge >= 0.3 is 0 Å². The molecule has 3 aliphatic rings. The van der Waals surface area contributed by atoms with Crippen LogP contribution in [0.2, 0.25) is 0 Å². The van der Waals surface area contributed by atoms with Crippen LogP contribution in [0.4, 0.5) is 0 Å². The third-order valence-electron chi connectivity index (χ3n) is 8.83. The SMILES string of the molecule is CC1(C)c2ccccc2-c2cc3c(cc21)Sc1ccccc1C31c2ccccc2C=Cc2ccc(Br)cc21. The molecule has 5 aromatic rings. The number of benzene rings is 5. The monoisotopic (exact) mass is 568 g/mol. The van der Waals surface area contributed by atoms with E-state index < -0.39 is 5.41 Å². The molecule has 5 aromatic carbocycles. The zero-order valence-corrected chi connectivity index (χ0v) is 23.7. The lowest BCUT2D eigenvalue weighted by atomic mass is 9.63. The lowest BCUT2D eigenvalue weighted by molar-refractivity contribution is 0.652. The first-order valence-corrected chi connectivity index (χ1v) is 14.7. The van der Waals surface area contributed by atoms with Gasteiger partial charge in [-0.1, -0.05) is 126 Å². The summed E-state index contributed by atoms with van der Waals surface area (Å²) in [7, 11) is 0.